The van der Waals surface area contributed by atoms with Gasteiger partial charge in [-0.25, -0.2) is 0 Å². The fourth-order valence-electron chi connectivity index (χ4n) is 1.49. The van der Waals surface area contributed by atoms with Crippen LogP contribution in [0, 0.1) is 0 Å². The zero-order valence-corrected chi connectivity index (χ0v) is 13.4. The van der Waals surface area contributed by atoms with E-state index < -0.39 is 17.1 Å². The zero-order chi connectivity index (χ0) is 13.0. The lowest BCUT2D eigenvalue weighted by Gasteiger charge is -2.35. The summed E-state index contributed by atoms with van der Waals surface area (Å²) in [5, 5.41) is 0.968. The number of hydrogen-bond acceptors (Lipinski definition) is 4. The Hall–Kier alpha value is 0.0138. The molecule has 0 radical (unpaired) electrons. The summed E-state index contributed by atoms with van der Waals surface area (Å²) < 4.78 is 22.0. The van der Waals surface area contributed by atoms with Gasteiger partial charge in [-0.1, -0.05) is 13.5 Å². The lowest BCUT2D eigenvalue weighted by molar-refractivity contribution is 0.235. The molecule has 0 bridgehead atoms. The highest BCUT2D eigenvalue weighted by Gasteiger charge is 2.46. The van der Waals surface area contributed by atoms with Gasteiger partial charge in [0.05, 0.1) is 0 Å². The molecule has 0 saturated heterocycles. The molecule has 0 rings (SSSR count). The van der Waals surface area contributed by atoms with E-state index in [9.17, 15) is 0 Å². The van der Waals surface area contributed by atoms with Crippen molar-refractivity contribution in [2.45, 2.75) is 25.6 Å². The summed E-state index contributed by atoms with van der Waals surface area (Å²) >= 11 is 0. The second-order valence-electron chi connectivity index (χ2n) is 4.03. The van der Waals surface area contributed by atoms with Crippen molar-refractivity contribution in [3.8, 4) is 0 Å². The van der Waals surface area contributed by atoms with Crippen LogP contribution >= 0.6 is 0 Å². The minimum Gasteiger partial charge on any atom is -0.397 e. The molecular weight excluding hydrogens is 240 g/mol. The third-order valence-electron chi connectivity index (χ3n) is 3.48. The van der Waals surface area contributed by atoms with Crippen LogP contribution in [0.2, 0.25) is 18.6 Å². The monoisotopic (exact) mass is 264 g/mol. The van der Waals surface area contributed by atoms with E-state index in [1.165, 1.54) is 0 Å². The third-order valence-corrected chi connectivity index (χ3v) is 10.5. The first kappa shape index (κ1) is 16.0. The number of allylic oxidation sites excluding steroid dienone is 1. The van der Waals surface area contributed by atoms with E-state index in [0.717, 1.165) is 5.20 Å². The van der Waals surface area contributed by atoms with E-state index in [-0.39, 0.29) is 5.54 Å². The van der Waals surface area contributed by atoms with Gasteiger partial charge in [-0.2, -0.15) is 0 Å². The Balaban J connectivity index is 4.98. The fourth-order valence-corrected chi connectivity index (χ4v) is 6.05. The molecule has 0 aromatic rings. The van der Waals surface area contributed by atoms with Crippen LogP contribution in [0.1, 0.15) is 6.92 Å². The minimum absolute atomic E-state index is 0.124. The summed E-state index contributed by atoms with van der Waals surface area (Å²) in [6.07, 6.45) is 0. The standard InChI is InChI=1S/C10H24O4Si2/c1-9(15(7,11-3)12-4)10(2)16(8,13-5)14-6/h10H,1H2,2-8H3. The van der Waals surface area contributed by atoms with Crippen LogP contribution in [-0.4, -0.2) is 45.6 Å². The Labute approximate surface area is 101 Å². The first-order chi connectivity index (χ1) is 7.31. The van der Waals surface area contributed by atoms with Crippen molar-refractivity contribution in [2.24, 2.45) is 0 Å². The first-order valence-electron chi connectivity index (χ1n) is 5.21. The van der Waals surface area contributed by atoms with Gasteiger partial charge in [0.25, 0.3) is 0 Å². The van der Waals surface area contributed by atoms with Crippen LogP contribution in [0.5, 0.6) is 0 Å². The van der Waals surface area contributed by atoms with Gasteiger partial charge in [0.2, 0.25) is 0 Å². The molecule has 0 saturated carbocycles. The summed E-state index contributed by atoms with van der Waals surface area (Å²) in [6.45, 7) is 10.2. The highest BCUT2D eigenvalue weighted by molar-refractivity contribution is 6.78. The molecule has 0 aromatic carbocycles. The molecule has 16 heavy (non-hydrogen) atoms. The van der Waals surface area contributed by atoms with Crippen LogP contribution in [0.4, 0.5) is 0 Å². The number of hydrogen-bond donors (Lipinski definition) is 0. The van der Waals surface area contributed by atoms with Crippen molar-refractivity contribution >= 4 is 17.1 Å². The molecule has 0 amide bonds. The van der Waals surface area contributed by atoms with E-state index in [2.05, 4.69) is 13.5 Å². The van der Waals surface area contributed by atoms with Crippen LogP contribution in [0.3, 0.4) is 0 Å². The van der Waals surface area contributed by atoms with Crippen molar-refractivity contribution in [3.05, 3.63) is 11.8 Å². The van der Waals surface area contributed by atoms with Gasteiger partial charge in [-0.15, -0.1) is 0 Å². The van der Waals surface area contributed by atoms with Gasteiger partial charge >= 0.3 is 17.1 Å². The zero-order valence-electron chi connectivity index (χ0n) is 11.4. The SMILES string of the molecule is C=C(C(C)[Si](C)(OC)OC)[Si](C)(OC)OC. The van der Waals surface area contributed by atoms with Gasteiger partial charge in [0.15, 0.2) is 0 Å². The van der Waals surface area contributed by atoms with Gasteiger partial charge in [0.1, 0.15) is 0 Å². The Kier molecular flexibility index (Phi) is 6.09. The molecule has 4 nitrogen and oxygen atoms in total. The topological polar surface area (TPSA) is 36.9 Å². The molecule has 1 unspecified atom stereocenters. The molecule has 0 N–H and O–H groups in total. The Morgan fingerprint density at radius 3 is 1.56 bits per heavy atom. The predicted molar refractivity (Wildman–Crippen MR) is 69.8 cm³/mol. The van der Waals surface area contributed by atoms with Gasteiger partial charge < -0.3 is 17.7 Å². The largest absolute Gasteiger partial charge is 0.397 e. The predicted octanol–water partition coefficient (Wildman–Crippen LogP) is 2.20. The van der Waals surface area contributed by atoms with E-state index in [4.69, 9.17) is 17.7 Å². The first-order valence-corrected chi connectivity index (χ1v) is 9.92. The number of rotatable bonds is 7. The van der Waals surface area contributed by atoms with E-state index in [1.807, 2.05) is 13.1 Å². The average molecular weight is 264 g/mol. The van der Waals surface area contributed by atoms with Gasteiger partial charge in [-0.05, 0) is 18.3 Å². The minimum atomic E-state index is -2.33. The Bertz CT molecular complexity index is 237. The molecule has 0 heterocycles. The Morgan fingerprint density at radius 2 is 1.31 bits per heavy atom. The average Bonchev–Trinajstić information content (AvgIpc) is 2.34. The Morgan fingerprint density at radius 1 is 0.938 bits per heavy atom. The van der Waals surface area contributed by atoms with E-state index >= 15 is 0 Å². The highest BCUT2D eigenvalue weighted by Crippen LogP contribution is 2.34. The summed E-state index contributed by atoms with van der Waals surface area (Å²) in [7, 11) is 2.12. The van der Waals surface area contributed by atoms with Crippen LogP contribution in [0.25, 0.3) is 0 Å². The summed E-state index contributed by atoms with van der Waals surface area (Å²) in [5.41, 5.74) is 0.124. The van der Waals surface area contributed by atoms with E-state index in [0.29, 0.717) is 0 Å². The van der Waals surface area contributed by atoms with Gasteiger partial charge in [-0.3, -0.25) is 0 Å². The molecule has 6 heteroatoms. The molecule has 0 spiro atoms. The van der Waals surface area contributed by atoms with Crippen molar-refractivity contribution in [1.29, 1.82) is 0 Å². The smallest absolute Gasteiger partial charge is 0.364 e. The van der Waals surface area contributed by atoms with Crippen molar-refractivity contribution in [3.63, 3.8) is 0 Å². The molecule has 1 atom stereocenters. The normalized spacial score (nSPS) is 14.9. The lowest BCUT2D eigenvalue weighted by atomic mass is 10.5. The summed E-state index contributed by atoms with van der Waals surface area (Å²) in [4.78, 5) is 0. The molecule has 0 aromatic heterocycles. The van der Waals surface area contributed by atoms with Crippen LogP contribution < -0.4 is 0 Å². The van der Waals surface area contributed by atoms with E-state index in [1.54, 1.807) is 28.4 Å². The molecule has 0 fully saturated rings. The molecule has 0 aliphatic carbocycles. The summed E-state index contributed by atoms with van der Waals surface area (Å²) in [6, 6.07) is 0. The highest BCUT2D eigenvalue weighted by atomic mass is 28.4. The molecular formula is C10H24O4Si2. The maximum atomic E-state index is 5.52. The van der Waals surface area contributed by atoms with Gasteiger partial charge in [0, 0.05) is 34.0 Å². The quantitative estimate of drug-likeness (QED) is 0.661. The maximum absolute atomic E-state index is 5.52. The summed E-state index contributed by atoms with van der Waals surface area (Å²) in [5.74, 6) is 0. The fraction of sp³-hybridized carbons (Fsp3) is 0.800. The molecule has 96 valence electrons. The van der Waals surface area contributed by atoms with Crippen molar-refractivity contribution in [2.75, 3.05) is 28.4 Å². The van der Waals surface area contributed by atoms with Crippen LogP contribution in [-0.2, 0) is 17.7 Å². The lowest BCUT2D eigenvalue weighted by Crippen LogP contribution is -2.48. The van der Waals surface area contributed by atoms with Crippen molar-refractivity contribution < 1.29 is 17.7 Å². The maximum Gasteiger partial charge on any atom is 0.364 e. The molecule has 0 aliphatic heterocycles. The van der Waals surface area contributed by atoms with Crippen molar-refractivity contribution in [1.82, 2.24) is 0 Å². The second-order valence-corrected chi connectivity index (χ2v) is 11.1. The third kappa shape index (κ3) is 3.02. The second kappa shape index (κ2) is 6.08. The van der Waals surface area contributed by atoms with Crippen LogP contribution in [0.15, 0.2) is 11.8 Å². The molecule has 0 aliphatic rings.